The van der Waals surface area contributed by atoms with Crippen molar-refractivity contribution in [3.05, 3.63) is 12.0 Å². The van der Waals surface area contributed by atoms with Crippen molar-refractivity contribution in [2.45, 2.75) is 32.7 Å². The van der Waals surface area contributed by atoms with E-state index in [9.17, 15) is 14.4 Å². The minimum atomic E-state index is -1.29. The lowest BCUT2D eigenvalue weighted by molar-refractivity contribution is -0.118. The van der Waals surface area contributed by atoms with Crippen molar-refractivity contribution < 1.29 is 23.9 Å². The van der Waals surface area contributed by atoms with Crippen molar-refractivity contribution in [2.75, 3.05) is 5.32 Å². The molecule has 104 valence electrons. The first-order valence-electron chi connectivity index (χ1n) is 5.71. The molecule has 8 nitrogen and oxygen atoms in total. The number of Topliss-reactive ketones (excluding diaryl/α,β-unsaturated/α-hetero) is 1. The summed E-state index contributed by atoms with van der Waals surface area (Å²) in [5, 5.41) is 13.0. The van der Waals surface area contributed by atoms with Crippen molar-refractivity contribution in [2.24, 2.45) is 0 Å². The first-order valence-corrected chi connectivity index (χ1v) is 5.71. The monoisotopic (exact) mass is 269 g/mol. The van der Waals surface area contributed by atoms with E-state index in [1.54, 1.807) is 0 Å². The van der Waals surface area contributed by atoms with Crippen molar-refractivity contribution in [1.82, 2.24) is 10.3 Å². The molecule has 1 aromatic rings. The maximum Gasteiger partial charge on any atom is 0.405 e. The molecule has 0 radical (unpaired) electrons. The molecule has 0 aliphatic rings. The minimum absolute atomic E-state index is 0.0218. The fraction of sp³-hybridized carbons (Fsp3) is 0.455. The topological polar surface area (TPSA) is 122 Å². The Morgan fingerprint density at radius 1 is 1.47 bits per heavy atom. The molecule has 1 atom stereocenters. The van der Waals surface area contributed by atoms with Gasteiger partial charge in [-0.1, -0.05) is 13.3 Å². The van der Waals surface area contributed by atoms with Crippen LogP contribution in [0.2, 0.25) is 0 Å². The first-order chi connectivity index (χ1) is 8.93. The van der Waals surface area contributed by atoms with E-state index in [1.807, 2.05) is 6.92 Å². The molecule has 19 heavy (non-hydrogen) atoms. The third-order valence-corrected chi connectivity index (χ3v) is 2.27. The molecule has 0 aliphatic carbocycles. The van der Waals surface area contributed by atoms with E-state index in [4.69, 9.17) is 9.52 Å². The van der Waals surface area contributed by atoms with Crippen molar-refractivity contribution >= 4 is 23.8 Å². The van der Waals surface area contributed by atoms with Crippen LogP contribution in [0.3, 0.4) is 0 Å². The van der Waals surface area contributed by atoms with Crippen LogP contribution in [0, 0.1) is 0 Å². The number of nitrogens with one attached hydrogen (secondary N) is 2. The molecular formula is C11H15N3O5. The van der Waals surface area contributed by atoms with E-state index >= 15 is 0 Å². The molecule has 0 bridgehead atoms. The molecule has 8 heteroatoms. The van der Waals surface area contributed by atoms with Gasteiger partial charge >= 0.3 is 12.1 Å². The molecule has 1 unspecified atom stereocenters. The summed E-state index contributed by atoms with van der Waals surface area (Å²) in [7, 11) is 0. The maximum atomic E-state index is 11.8. The van der Waals surface area contributed by atoms with Gasteiger partial charge < -0.3 is 14.8 Å². The van der Waals surface area contributed by atoms with Gasteiger partial charge in [-0.05, 0) is 6.42 Å². The summed E-state index contributed by atoms with van der Waals surface area (Å²) < 4.78 is 4.98. The Morgan fingerprint density at radius 2 is 2.16 bits per heavy atom. The molecule has 0 spiro atoms. The molecule has 2 amide bonds. The van der Waals surface area contributed by atoms with E-state index in [0.29, 0.717) is 12.8 Å². The molecular weight excluding hydrogens is 254 g/mol. The van der Waals surface area contributed by atoms with E-state index in [1.165, 1.54) is 13.1 Å². The third-order valence-electron chi connectivity index (χ3n) is 2.27. The third kappa shape index (κ3) is 4.41. The summed E-state index contributed by atoms with van der Waals surface area (Å²) >= 11 is 0. The van der Waals surface area contributed by atoms with Crippen molar-refractivity contribution in [1.29, 1.82) is 0 Å². The van der Waals surface area contributed by atoms with Gasteiger partial charge in [0.05, 0.1) is 6.20 Å². The van der Waals surface area contributed by atoms with Crippen LogP contribution in [0.25, 0.3) is 0 Å². The summed E-state index contributed by atoms with van der Waals surface area (Å²) in [4.78, 5) is 37.0. The molecule has 0 saturated carbocycles. The zero-order valence-electron chi connectivity index (χ0n) is 10.6. The number of carbonyl (C=O) groups is 3. The van der Waals surface area contributed by atoms with E-state index in [2.05, 4.69) is 15.6 Å². The summed E-state index contributed by atoms with van der Waals surface area (Å²) in [5.41, 5.74) is 0. The van der Waals surface area contributed by atoms with Crippen LogP contribution in [-0.4, -0.2) is 33.9 Å². The van der Waals surface area contributed by atoms with E-state index in [0.717, 1.165) is 0 Å². The van der Waals surface area contributed by atoms with E-state index in [-0.39, 0.29) is 17.6 Å². The number of aromatic nitrogens is 1. The van der Waals surface area contributed by atoms with Gasteiger partial charge in [0.2, 0.25) is 0 Å². The summed E-state index contributed by atoms with van der Waals surface area (Å²) in [5.74, 6) is -0.878. The SMILES string of the molecule is CCCC(NC(=O)O)C(=O)Nc1ncc(C(C)=O)o1. The lowest BCUT2D eigenvalue weighted by Gasteiger charge is -2.14. The van der Waals surface area contributed by atoms with Crippen LogP contribution in [0.15, 0.2) is 10.6 Å². The zero-order valence-corrected chi connectivity index (χ0v) is 10.6. The van der Waals surface area contributed by atoms with Gasteiger partial charge in [0.1, 0.15) is 6.04 Å². The van der Waals surface area contributed by atoms with Gasteiger partial charge in [-0.15, -0.1) is 0 Å². The Labute approximate surface area is 109 Å². The molecule has 1 rings (SSSR count). The Bertz CT molecular complexity index is 482. The zero-order chi connectivity index (χ0) is 14.4. The number of hydrogen-bond acceptors (Lipinski definition) is 5. The highest BCUT2D eigenvalue weighted by Gasteiger charge is 2.21. The van der Waals surface area contributed by atoms with Gasteiger partial charge in [0, 0.05) is 6.92 Å². The second-order valence-corrected chi connectivity index (χ2v) is 3.87. The number of anilines is 1. The minimum Gasteiger partial charge on any atom is -0.465 e. The summed E-state index contributed by atoms with van der Waals surface area (Å²) in [6.07, 6.45) is 0.878. The number of carboxylic acid groups (broad SMARTS) is 1. The summed E-state index contributed by atoms with van der Waals surface area (Å²) in [6, 6.07) is -1.03. The van der Waals surface area contributed by atoms with Gasteiger partial charge in [-0.2, -0.15) is 0 Å². The first kappa shape index (κ1) is 14.7. The van der Waals surface area contributed by atoms with Crippen LogP contribution < -0.4 is 10.6 Å². The molecule has 0 fully saturated rings. The predicted octanol–water partition coefficient (Wildman–Crippen LogP) is 1.25. The Morgan fingerprint density at radius 3 is 2.63 bits per heavy atom. The maximum absolute atomic E-state index is 11.8. The van der Waals surface area contributed by atoms with Gasteiger partial charge in [-0.25, -0.2) is 9.78 Å². The second-order valence-electron chi connectivity index (χ2n) is 3.87. The average molecular weight is 269 g/mol. The molecule has 0 aromatic carbocycles. The number of ketones is 1. The average Bonchev–Trinajstić information content (AvgIpc) is 2.76. The molecule has 3 N–H and O–H groups in total. The lowest BCUT2D eigenvalue weighted by Crippen LogP contribution is -2.43. The number of nitrogens with zero attached hydrogens (tertiary/aromatic N) is 1. The lowest BCUT2D eigenvalue weighted by atomic mass is 10.1. The molecule has 0 saturated heterocycles. The number of hydrogen-bond donors (Lipinski definition) is 3. The Balaban J connectivity index is 2.69. The van der Waals surface area contributed by atoms with Crippen LogP contribution in [-0.2, 0) is 4.79 Å². The number of carbonyl (C=O) groups excluding carboxylic acids is 2. The van der Waals surface area contributed by atoms with Crippen LogP contribution >= 0.6 is 0 Å². The largest absolute Gasteiger partial charge is 0.465 e. The highest BCUT2D eigenvalue weighted by Crippen LogP contribution is 2.10. The van der Waals surface area contributed by atoms with Crippen LogP contribution in [0.4, 0.5) is 10.8 Å². The summed E-state index contributed by atoms with van der Waals surface area (Å²) in [6.45, 7) is 3.13. The normalized spacial score (nSPS) is 11.7. The highest BCUT2D eigenvalue weighted by molar-refractivity contribution is 5.95. The number of rotatable bonds is 6. The number of amides is 2. The quantitative estimate of drug-likeness (QED) is 0.668. The predicted molar refractivity (Wildman–Crippen MR) is 65.0 cm³/mol. The molecule has 0 aliphatic heterocycles. The fourth-order valence-electron chi connectivity index (χ4n) is 1.39. The Kier molecular flexibility index (Phi) is 5.04. The van der Waals surface area contributed by atoms with Gasteiger partial charge in [-0.3, -0.25) is 14.9 Å². The van der Waals surface area contributed by atoms with Crippen LogP contribution in [0.1, 0.15) is 37.2 Å². The molecule has 1 heterocycles. The standard InChI is InChI=1S/C11H15N3O5/c1-3-4-7(13-11(17)18)9(16)14-10-12-5-8(19-10)6(2)15/h5,7,13H,3-4H2,1-2H3,(H,17,18)(H,12,14,16). The van der Waals surface area contributed by atoms with E-state index < -0.39 is 18.0 Å². The van der Waals surface area contributed by atoms with Crippen molar-refractivity contribution in [3.8, 4) is 0 Å². The Hall–Kier alpha value is -2.38. The van der Waals surface area contributed by atoms with Crippen LogP contribution in [0.5, 0.6) is 0 Å². The van der Waals surface area contributed by atoms with Gasteiger partial charge in [0.15, 0.2) is 11.5 Å². The fourth-order valence-corrected chi connectivity index (χ4v) is 1.39. The highest BCUT2D eigenvalue weighted by atomic mass is 16.4. The van der Waals surface area contributed by atoms with Crippen molar-refractivity contribution in [3.63, 3.8) is 0 Å². The smallest absolute Gasteiger partial charge is 0.405 e. The molecule has 1 aromatic heterocycles. The number of oxazole rings is 1. The second kappa shape index (κ2) is 6.53. The van der Waals surface area contributed by atoms with Gasteiger partial charge in [0.25, 0.3) is 5.91 Å².